The van der Waals surface area contributed by atoms with Gasteiger partial charge >= 0.3 is 5.97 Å². The van der Waals surface area contributed by atoms with Crippen molar-refractivity contribution in [3.8, 4) is 5.69 Å². The molecule has 0 fully saturated rings. The summed E-state index contributed by atoms with van der Waals surface area (Å²) in [6.07, 6.45) is 1.62. The molecule has 0 aliphatic carbocycles. The quantitative estimate of drug-likeness (QED) is 0.302. The molecule has 1 aliphatic heterocycles. The van der Waals surface area contributed by atoms with Crippen LogP contribution in [0.3, 0.4) is 0 Å². The van der Waals surface area contributed by atoms with Crippen molar-refractivity contribution in [1.82, 2.24) is 9.78 Å². The van der Waals surface area contributed by atoms with Crippen LogP contribution in [0.15, 0.2) is 65.3 Å². The third kappa shape index (κ3) is 3.54. The number of aromatic nitrogens is 2. The summed E-state index contributed by atoms with van der Waals surface area (Å²) in [6.45, 7) is 1.84. The maximum absolute atomic E-state index is 12.3. The van der Waals surface area contributed by atoms with Crippen LogP contribution in [0.4, 0.5) is 0 Å². The molecule has 0 amide bonds. The van der Waals surface area contributed by atoms with Crippen LogP contribution in [-0.4, -0.2) is 21.6 Å². The van der Waals surface area contributed by atoms with Gasteiger partial charge in [-0.2, -0.15) is 5.10 Å². The van der Waals surface area contributed by atoms with E-state index in [1.807, 2.05) is 61.5 Å². The Kier molecular flexibility index (Phi) is 4.84. The molecular weight excluding hydrogens is 477 g/mol. The van der Waals surface area contributed by atoms with Gasteiger partial charge in [0, 0.05) is 14.7 Å². The van der Waals surface area contributed by atoms with Crippen molar-refractivity contribution >= 4 is 52.1 Å². The van der Waals surface area contributed by atoms with E-state index in [1.54, 1.807) is 10.8 Å². The SMILES string of the molecule is Cc1nn(-c2ccccc2)c(Cl)c1/C=C1/N=C(c2ccc(I)cc2)OC1=O. The highest BCUT2D eigenvalue weighted by atomic mass is 127. The second-order valence-electron chi connectivity index (χ2n) is 5.88. The predicted molar refractivity (Wildman–Crippen MR) is 113 cm³/mol. The number of carbonyl (C=O) groups is 1. The number of hydrogen-bond donors (Lipinski definition) is 0. The van der Waals surface area contributed by atoms with Crippen molar-refractivity contribution in [3.63, 3.8) is 0 Å². The predicted octanol–water partition coefficient (Wildman–Crippen LogP) is 4.78. The third-order valence-corrected chi connectivity index (χ3v) is 5.12. The Hall–Kier alpha value is -2.45. The molecule has 1 aliphatic rings. The van der Waals surface area contributed by atoms with Crippen LogP contribution in [0.5, 0.6) is 0 Å². The monoisotopic (exact) mass is 489 g/mol. The van der Waals surface area contributed by atoms with Gasteiger partial charge in [0.15, 0.2) is 5.70 Å². The first kappa shape index (κ1) is 17.9. The Morgan fingerprint density at radius 3 is 2.52 bits per heavy atom. The number of carbonyl (C=O) groups excluding carboxylic acids is 1. The summed E-state index contributed by atoms with van der Waals surface area (Å²) in [5, 5.41) is 4.89. The van der Waals surface area contributed by atoms with Crippen molar-refractivity contribution in [3.05, 3.63) is 85.8 Å². The highest BCUT2D eigenvalue weighted by molar-refractivity contribution is 14.1. The summed E-state index contributed by atoms with van der Waals surface area (Å²) in [4.78, 5) is 16.6. The van der Waals surface area contributed by atoms with Gasteiger partial charge in [-0.25, -0.2) is 14.5 Å². The first-order valence-electron chi connectivity index (χ1n) is 8.12. The van der Waals surface area contributed by atoms with E-state index in [2.05, 4.69) is 32.7 Å². The molecule has 7 heteroatoms. The molecule has 2 heterocycles. The molecule has 0 bridgehead atoms. The Labute approximate surface area is 174 Å². The zero-order valence-corrected chi connectivity index (χ0v) is 17.1. The lowest BCUT2D eigenvalue weighted by Gasteiger charge is -2.01. The molecule has 0 saturated heterocycles. The third-order valence-electron chi connectivity index (χ3n) is 4.04. The lowest BCUT2D eigenvalue weighted by atomic mass is 10.2. The number of para-hydroxylation sites is 1. The minimum Gasteiger partial charge on any atom is -0.402 e. The fraction of sp³-hybridized carbons (Fsp3) is 0.0500. The van der Waals surface area contributed by atoms with E-state index >= 15 is 0 Å². The fourth-order valence-corrected chi connectivity index (χ4v) is 3.36. The van der Waals surface area contributed by atoms with Crippen molar-refractivity contribution in [2.75, 3.05) is 0 Å². The highest BCUT2D eigenvalue weighted by Gasteiger charge is 2.25. The standard InChI is InChI=1S/C20H13ClIN3O2/c1-12-16(18(21)25(24-12)15-5-3-2-4-6-15)11-17-20(26)27-19(23-17)13-7-9-14(22)10-8-13/h2-11H,1H3/b17-11+. The lowest BCUT2D eigenvalue weighted by molar-refractivity contribution is -0.129. The molecule has 0 unspecified atom stereocenters. The Bertz CT molecular complexity index is 1090. The Morgan fingerprint density at radius 2 is 1.81 bits per heavy atom. The molecule has 2 aromatic carbocycles. The fourth-order valence-electron chi connectivity index (χ4n) is 2.68. The highest BCUT2D eigenvalue weighted by Crippen LogP contribution is 2.28. The van der Waals surface area contributed by atoms with Gasteiger partial charge in [0.05, 0.1) is 11.4 Å². The van der Waals surface area contributed by atoms with Crippen LogP contribution < -0.4 is 0 Å². The number of nitrogens with zero attached hydrogens (tertiary/aromatic N) is 3. The van der Waals surface area contributed by atoms with E-state index in [-0.39, 0.29) is 11.6 Å². The summed E-state index contributed by atoms with van der Waals surface area (Å²) >= 11 is 8.73. The van der Waals surface area contributed by atoms with Crippen molar-refractivity contribution in [1.29, 1.82) is 0 Å². The molecule has 134 valence electrons. The number of halogens is 2. The number of aliphatic imine (C=N–C) groups is 1. The number of esters is 1. The van der Waals surface area contributed by atoms with E-state index in [0.717, 1.165) is 14.8 Å². The summed E-state index contributed by atoms with van der Waals surface area (Å²) in [5.74, 6) is -0.224. The number of aryl methyl sites for hydroxylation is 1. The van der Waals surface area contributed by atoms with Gasteiger partial charge in [0.2, 0.25) is 5.90 Å². The molecule has 4 rings (SSSR count). The number of benzene rings is 2. The Balaban J connectivity index is 1.72. The van der Waals surface area contributed by atoms with Crippen molar-refractivity contribution < 1.29 is 9.53 Å². The first-order valence-corrected chi connectivity index (χ1v) is 9.57. The molecule has 27 heavy (non-hydrogen) atoms. The topological polar surface area (TPSA) is 56.5 Å². The van der Waals surface area contributed by atoms with Gasteiger partial charge in [-0.3, -0.25) is 0 Å². The van der Waals surface area contributed by atoms with Gasteiger partial charge in [0.25, 0.3) is 0 Å². The molecule has 1 aromatic heterocycles. The van der Waals surface area contributed by atoms with Gasteiger partial charge in [-0.15, -0.1) is 0 Å². The van der Waals surface area contributed by atoms with Gasteiger partial charge < -0.3 is 4.74 Å². The average molecular weight is 490 g/mol. The van der Waals surface area contributed by atoms with E-state index in [0.29, 0.717) is 16.4 Å². The largest absolute Gasteiger partial charge is 0.402 e. The van der Waals surface area contributed by atoms with E-state index < -0.39 is 5.97 Å². The van der Waals surface area contributed by atoms with E-state index in [4.69, 9.17) is 16.3 Å². The summed E-state index contributed by atoms with van der Waals surface area (Å²) < 4.78 is 8.04. The van der Waals surface area contributed by atoms with Crippen LogP contribution in [0.2, 0.25) is 5.15 Å². The molecule has 3 aromatic rings. The Morgan fingerprint density at radius 1 is 1.11 bits per heavy atom. The number of cyclic esters (lactones) is 1. The molecule has 0 saturated carbocycles. The summed E-state index contributed by atoms with van der Waals surface area (Å²) in [7, 11) is 0. The second-order valence-corrected chi connectivity index (χ2v) is 7.48. The molecular formula is C20H13ClIN3O2. The molecule has 0 N–H and O–H groups in total. The lowest BCUT2D eigenvalue weighted by Crippen LogP contribution is -2.05. The van der Waals surface area contributed by atoms with Crippen LogP contribution in [0.25, 0.3) is 11.8 Å². The maximum Gasteiger partial charge on any atom is 0.363 e. The summed E-state index contributed by atoms with van der Waals surface area (Å²) in [6, 6.07) is 17.1. The average Bonchev–Trinajstić information content (AvgIpc) is 3.18. The molecule has 5 nitrogen and oxygen atoms in total. The zero-order valence-electron chi connectivity index (χ0n) is 14.2. The van der Waals surface area contributed by atoms with Gasteiger partial charge in [0.1, 0.15) is 5.15 Å². The van der Waals surface area contributed by atoms with Crippen LogP contribution in [-0.2, 0) is 9.53 Å². The zero-order chi connectivity index (χ0) is 19.0. The summed E-state index contributed by atoms with van der Waals surface area (Å²) in [5.41, 5.74) is 3.12. The maximum atomic E-state index is 12.3. The normalized spacial score (nSPS) is 15.1. The van der Waals surface area contributed by atoms with Crippen LogP contribution >= 0.6 is 34.2 Å². The molecule has 0 atom stereocenters. The molecule has 0 radical (unpaired) electrons. The number of rotatable bonds is 3. The minimum absolute atomic E-state index is 0.196. The second kappa shape index (κ2) is 7.28. The molecule has 0 spiro atoms. The van der Waals surface area contributed by atoms with Gasteiger partial charge in [-0.1, -0.05) is 29.8 Å². The number of hydrogen-bond acceptors (Lipinski definition) is 4. The van der Waals surface area contributed by atoms with E-state index in [1.165, 1.54) is 0 Å². The minimum atomic E-state index is -0.508. The smallest absolute Gasteiger partial charge is 0.363 e. The van der Waals surface area contributed by atoms with E-state index in [9.17, 15) is 4.79 Å². The number of ether oxygens (including phenoxy) is 1. The van der Waals surface area contributed by atoms with Crippen molar-refractivity contribution in [2.24, 2.45) is 4.99 Å². The van der Waals surface area contributed by atoms with Crippen LogP contribution in [0, 0.1) is 10.5 Å². The first-order chi connectivity index (χ1) is 13.0. The van der Waals surface area contributed by atoms with Crippen LogP contribution in [0.1, 0.15) is 16.8 Å². The van der Waals surface area contributed by atoms with Gasteiger partial charge in [-0.05, 0) is 72.0 Å². The van der Waals surface area contributed by atoms with Crippen molar-refractivity contribution in [2.45, 2.75) is 6.92 Å².